The van der Waals surface area contributed by atoms with Gasteiger partial charge in [-0.15, -0.1) is 0 Å². The Morgan fingerprint density at radius 3 is 1.50 bits per heavy atom. The first kappa shape index (κ1) is 40.6. The summed E-state index contributed by atoms with van der Waals surface area (Å²) in [6, 6.07) is 23.6. The minimum Gasteiger partial charge on any atom is -0.355 e. The van der Waals surface area contributed by atoms with Gasteiger partial charge in [0, 0.05) is 38.8 Å². The summed E-state index contributed by atoms with van der Waals surface area (Å²) in [7, 11) is 0. The Morgan fingerprint density at radius 1 is 0.500 bits per heavy atom. The topological polar surface area (TPSA) is 91.5 Å². The lowest BCUT2D eigenvalue weighted by Gasteiger charge is -2.26. The highest BCUT2D eigenvalue weighted by Gasteiger charge is 2.26. The summed E-state index contributed by atoms with van der Waals surface area (Å²) in [5, 5.41) is 0. The predicted molar refractivity (Wildman–Crippen MR) is 244 cm³/mol. The number of allylic oxidation sites excluding steroid dienone is 1. The molecule has 0 unspecified atom stereocenters. The van der Waals surface area contributed by atoms with E-state index in [1.807, 2.05) is 36.4 Å². The lowest BCUT2D eigenvalue weighted by molar-refractivity contribution is -0.111. The van der Waals surface area contributed by atoms with Gasteiger partial charge in [-0.3, -0.25) is 9.59 Å². The molecule has 5 heterocycles. The molecule has 0 saturated heterocycles. The minimum atomic E-state index is -0.137. The third-order valence-electron chi connectivity index (χ3n) is 11.3. The number of hydrogen-bond acceptors (Lipinski definition) is 4. The van der Waals surface area contributed by atoms with Gasteiger partial charge in [-0.2, -0.15) is 0 Å². The molecule has 58 heavy (non-hydrogen) atoms. The Kier molecular flexibility index (Phi) is 9.82. The Balaban J connectivity index is 1.65. The van der Waals surface area contributed by atoms with Crippen molar-refractivity contribution >= 4 is 57.4 Å². The summed E-state index contributed by atoms with van der Waals surface area (Å²) in [4.78, 5) is 44.7. The van der Waals surface area contributed by atoms with Gasteiger partial charge in [0.1, 0.15) is 0 Å². The highest BCUT2D eigenvalue weighted by molar-refractivity contribution is 6.25. The van der Waals surface area contributed by atoms with Crippen LogP contribution in [0, 0.1) is 0 Å². The zero-order valence-electron chi connectivity index (χ0n) is 36.8. The van der Waals surface area contributed by atoms with Crippen LogP contribution < -0.4 is 0 Å². The van der Waals surface area contributed by atoms with Crippen molar-refractivity contribution in [1.29, 1.82) is 0 Å². The van der Waals surface area contributed by atoms with Crippen molar-refractivity contribution in [2.45, 2.75) is 119 Å². The standard InChI is InChI=1S/C52H58N4O2/c1-29(57)39-27-45-48(32-21-35(51(9,10)11)24-36(22-32)52(12,13)14)46-28-40(30(2)58)44(56-46)26-38-16-18-42(54-38)47(41-17-15-37(53-41)25-43(39)55-45)31-19-33(49(3,4)5)23-34(20-31)50(6,7)8/h15-28,53,56H,1-14H3. The average Bonchev–Trinajstić information content (AvgIpc) is 3.92. The van der Waals surface area contributed by atoms with Crippen molar-refractivity contribution in [2.75, 3.05) is 0 Å². The number of ketones is 2. The zero-order chi connectivity index (χ0) is 42.3. The second-order valence-corrected chi connectivity index (χ2v) is 20.3. The maximum absolute atomic E-state index is 13.4. The van der Waals surface area contributed by atoms with E-state index in [0.717, 1.165) is 50.2 Å². The molecule has 8 bridgehead atoms. The maximum atomic E-state index is 13.4. The molecular formula is C52H58N4O2. The van der Waals surface area contributed by atoms with Crippen molar-refractivity contribution in [1.82, 2.24) is 19.9 Å². The van der Waals surface area contributed by atoms with Gasteiger partial charge in [0.15, 0.2) is 11.6 Å². The highest BCUT2D eigenvalue weighted by Crippen LogP contribution is 2.40. The van der Waals surface area contributed by atoms with Crippen LogP contribution in [0.3, 0.4) is 0 Å². The third kappa shape index (κ3) is 7.94. The highest BCUT2D eigenvalue weighted by atomic mass is 16.1. The molecule has 0 aliphatic carbocycles. The molecule has 6 heteroatoms. The van der Waals surface area contributed by atoms with Crippen LogP contribution in [-0.4, -0.2) is 31.5 Å². The van der Waals surface area contributed by atoms with Crippen LogP contribution >= 0.6 is 0 Å². The molecule has 7 rings (SSSR count). The van der Waals surface area contributed by atoms with Crippen LogP contribution in [-0.2, 0) is 26.5 Å². The molecule has 298 valence electrons. The van der Waals surface area contributed by atoms with Gasteiger partial charge in [-0.05, 0) is 117 Å². The molecule has 0 radical (unpaired) electrons. The molecule has 5 aromatic rings. The van der Waals surface area contributed by atoms with Gasteiger partial charge < -0.3 is 9.97 Å². The van der Waals surface area contributed by atoms with Crippen LogP contribution in [0.4, 0.5) is 0 Å². The lowest BCUT2D eigenvalue weighted by atomic mass is 9.78. The van der Waals surface area contributed by atoms with Crippen molar-refractivity contribution in [3.63, 3.8) is 0 Å². The number of carbonyl (C=O) groups excluding carboxylic acids is 2. The van der Waals surface area contributed by atoms with Gasteiger partial charge in [-0.1, -0.05) is 119 Å². The number of fused-ring (bicyclic) bond motifs is 8. The molecule has 0 amide bonds. The van der Waals surface area contributed by atoms with Gasteiger partial charge in [-0.25, -0.2) is 9.97 Å². The summed E-state index contributed by atoms with van der Waals surface area (Å²) in [5.74, 6) is -0.142. The fraction of sp³-hybridized carbons (Fsp3) is 0.346. The van der Waals surface area contributed by atoms with Gasteiger partial charge in [0.05, 0.1) is 28.3 Å². The second kappa shape index (κ2) is 14.0. The number of hydrogen-bond donors (Lipinski definition) is 2. The van der Waals surface area contributed by atoms with Crippen molar-refractivity contribution < 1.29 is 9.59 Å². The first-order valence-electron chi connectivity index (χ1n) is 20.4. The summed E-state index contributed by atoms with van der Waals surface area (Å²) in [5.41, 5.74) is 15.2. The van der Waals surface area contributed by atoms with E-state index < -0.39 is 0 Å². The Hall–Kier alpha value is -5.62. The Bertz CT molecular complexity index is 2690. The van der Waals surface area contributed by atoms with Crippen LogP contribution in [0.5, 0.6) is 0 Å². The number of aromatic amines is 2. The van der Waals surface area contributed by atoms with E-state index >= 15 is 0 Å². The number of nitrogens with zero attached hydrogens (tertiary/aromatic N) is 2. The lowest BCUT2D eigenvalue weighted by Crippen LogP contribution is -2.16. The molecule has 6 nitrogen and oxygen atoms in total. The molecule has 2 N–H and O–H groups in total. The van der Waals surface area contributed by atoms with Crippen molar-refractivity contribution in [3.05, 3.63) is 117 Å². The third-order valence-corrected chi connectivity index (χ3v) is 11.3. The van der Waals surface area contributed by atoms with Crippen molar-refractivity contribution in [3.8, 4) is 22.3 Å². The molecule has 2 aliphatic rings. The number of rotatable bonds is 4. The van der Waals surface area contributed by atoms with Gasteiger partial charge in [0.2, 0.25) is 0 Å². The second-order valence-electron chi connectivity index (χ2n) is 20.3. The predicted octanol–water partition coefficient (Wildman–Crippen LogP) is 13.3. The number of Topliss-reactive ketones (excluding diaryl/α,β-unsaturated/α-hetero) is 2. The number of H-pyrrole nitrogens is 2. The molecule has 2 aromatic carbocycles. The molecular weight excluding hydrogens is 713 g/mol. The summed E-state index contributed by atoms with van der Waals surface area (Å²) in [6.45, 7) is 30.0. The van der Waals surface area contributed by atoms with Crippen LogP contribution in [0.1, 0.15) is 152 Å². The van der Waals surface area contributed by atoms with Crippen LogP contribution in [0.25, 0.3) is 68.1 Å². The van der Waals surface area contributed by atoms with Gasteiger partial charge >= 0.3 is 0 Å². The van der Waals surface area contributed by atoms with E-state index in [1.54, 1.807) is 13.8 Å². The van der Waals surface area contributed by atoms with E-state index in [0.29, 0.717) is 28.0 Å². The molecule has 0 saturated carbocycles. The number of benzene rings is 2. The Morgan fingerprint density at radius 2 is 1.02 bits per heavy atom. The minimum absolute atomic E-state index is 0.0647. The summed E-state index contributed by atoms with van der Waals surface area (Å²) < 4.78 is 0. The number of carbonyl (C=O) groups is 2. The quantitative estimate of drug-likeness (QED) is 0.175. The summed E-state index contributed by atoms with van der Waals surface area (Å²) >= 11 is 0. The monoisotopic (exact) mass is 770 g/mol. The van der Waals surface area contributed by atoms with Gasteiger partial charge in [0.25, 0.3) is 0 Å². The average molecular weight is 771 g/mol. The normalized spacial score (nSPS) is 13.5. The van der Waals surface area contributed by atoms with E-state index in [2.05, 4.69) is 142 Å². The zero-order valence-corrected chi connectivity index (χ0v) is 36.8. The SMILES string of the molecule is CC(=O)C1=Cc2nc1cc1ccc([nH]1)c(-c1cc(C(C)(C)C)cc(C(C)(C)C)c1)c1nc(cc3[nH]c(cc3C(C)=O)c2-c2cc(C(C)(C)C)cc(C(C)(C)C)c2)C=C1. The smallest absolute Gasteiger partial charge is 0.162 e. The van der Waals surface area contributed by atoms with E-state index in [-0.39, 0.29) is 33.2 Å². The van der Waals surface area contributed by atoms with Crippen molar-refractivity contribution in [2.24, 2.45) is 0 Å². The molecule has 2 aliphatic heterocycles. The summed E-state index contributed by atoms with van der Waals surface area (Å²) in [6.07, 6.45) is 5.98. The first-order chi connectivity index (χ1) is 26.9. The molecule has 0 spiro atoms. The Labute approximate surface area is 344 Å². The number of nitrogens with one attached hydrogen (secondary N) is 2. The fourth-order valence-corrected chi connectivity index (χ4v) is 7.66. The van der Waals surface area contributed by atoms with E-state index in [4.69, 9.17) is 9.97 Å². The first-order valence-corrected chi connectivity index (χ1v) is 20.4. The maximum Gasteiger partial charge on any atom is 0.162 e. The molecule has 3 aromatic heterocycles. The van der Waals surface area contributed by atoms with Crippen LogP contribution in [0.2, 0.25) is 0 Å². The molecule has 0 fully saturated rings. The molecule has 0 atom stereocenters. The largest absolute Gasteiger partial charge is 0.355 e. The number of aromatic nitrogens is 4. The van der Waals surface area contributed by atoms with E-state index in [1.165, 1.54) is 22.3 Å². The van der Waals surface area contributed by atoms with E-state index in [9.17, 15) is 9.59 Å². The fourth-order valence-electron chi connectivity index (χ4n) is 7.66. The van der Waals surface area contributed by atoms with Crippen LogP contribution in [0.15, 0.2) is 66.7 Å².